The number of rotatable bonds is 2. The first kappa shape index (κ1) is 7.25. The summed E-state index contributed by atoms with van der Waals surface area (Å²) in [6.45, 7) is 0.0946. The van der Waals surface area contributed by atoms with Gasteiger partial charge in [-0.1, -0.05) is 6.42 Å². The predicted molar refractivity (Wildman–Crippen MR) is 44.6 cm³/mol. The molecule has 0 aromatic carbocycles. The van der Waals surface area contributed by atoms with Crippen LogP contribution >= 0.6 is 11.3 Å². The van der Waals surface area contributed by atoms with Crippen LogP contribution in [0.1, 0.15) is 35.9 Å². The second-order valence-electron chi connectivity index (χ2n) is 2.95. The van der Waals surface area contributed by atoms with Gasteiger partial charge in [0.25, 0.3) is 0 Å². The van der Waals surface area contributed by atoms with Crippen molar-refractivity contribution in [1.29, 1.82) is 0 Å². The lowest BCUT2D eigenvalue weighted by Gasteiger charge is -2.22. The van der Waals surface area contributed by atoms with Gasteiger partial charge in [-0.2, -0.15) is 0 Å². The van der Waals surface area contributed by atoms with Gasteiger partial charge in [-0.25, -0.2) is 4.98 Å². The highest BCUT2D eigenvalue weighted by molar-refractivity contribution is 7.09. The van der Waals surface area contributed by atoms with E-state index in [1.165, 1.54) is 25.0 Å². The van der Waals surface area contributed by atoms with E-state index in [9.17, 15) is 0 Å². The van der Waals surface area contributed by atoms with Crippen LogP contribution in [0.5, 0.6) is 0 Å². The van der Waals surface area contributed by atoms with Gasteiger partial charge in [0.2, 0.25) is 0 Å². The quantitative estimate of drug-likeness (QED) is 0.733. The molecule has 0 radical (unpaired) electrons. The predicted octanol–water partition coefficient (Wildman–Crippen LogP) is 1.90. The Labute approximate surface area is 69.9 Å². The Morgan fingerprint density at radius 3 is 2.91 bits per heavy atom. The highest BCUT2D eigenvalue weighted by Gasteiger charge is 2.21. The third-order valence-corrected chi connectivity index (χ3v) is 3.08. The minimum atomic E-state index is 0.0946. The Bertz CT molecular complexity index is 242. The lowest BCUT2D eigenvalue weighted by atomic mass is 9.83. The Kier molecular flexibility index (Phi) is 1.92. The number of hydrogen-bond donors (Lipinski definition) is 1. The van der Waals surface area contributed by atoms with Crippen molar-refractivity contribution in [2.45, 2.75) is 31.8 Å². The molecule has 0 bridgehead atoms. The van der Waals surface area contributed by atoms with E-state index in [1.54, 1.807) is 11.3 Å². The van der Waals surface area contributed by atoms with Crippen molar-refractivity contribution in [3.63, 3.8) is 0 Å². The normalized spacial score (nSPS) is 18.3. The molecule has 0 unspecified atom stereocenters. The molecule has 2 rings (SSSR count). The first-order valence-electron chi connectivity index (χ1n) is 3.95. The highest BCUT2D eigenvalue weighted by atomic mass is 32.1. The molecule has 0 spiro atoms. The van der Waals surface area contributed by atoms with Crippen molar-refractivity contribution in [1.82, 2.24) is 4.98 Å². The van der Waals surface area contributed by atoms with Crippen LogP contribution in [-0.2, 0) is 6.61 Å². The molecule has 1 saturated carbocycles. The van der Waals surface area contributed by atoms with Gasteiger partial charge in [0.05, 0.1) is 12.3 Å². The van der Waals surface area contributed by atoms with Crippen LogP contribution in [-0.4, -0.2) is 10.1 Å². The van der Waals surface area contributed by atoms with Gasteiger partial charge >= 0.3 is 0 Å². The molecule has 1 fully saturated rings. The Hall–Kier alpha value is -0.410. The van der Waals surface area contributed by atoms with Gasteiger partial charge in [0.1, 0.15) is 5.01 Å². The summed E-state index contributed by atoms with van der Waals surface area (Å²) in [6.07, 6.45) is 3.92. The molecular weight excluding hydrogens is 158 g/mol. The molecule has 0 atom stereocenters. The maximum Gasteiger partial charge on any atom is 0.118 e. The number of aliphatic hydroxyl groups is 1. The first-order valence-corrected chi connectivity index (χ1v) is 4.83. The SMILES string of the molecule is OCc1nc(C2CCC2)cs1. The topological polar surface area (TPSA) is 33.1 Å². The largest absolute Gasteiger partial charge is 0.389 e. The number of hydrogen-bond acceptors (Lipinski definition) is 3. The van der Waals surface area contributed by atoms with Crippen LogP contribution in [0.25, 0.3) is 0 Å². The molecule has 0 amide bonds. The van der Waals surface area contributed by atoms with Gasteiger partial charge in [-0.05, 0) is 12.8 Å². The van der Waals surface area contributed by atoms with Crippen molar-refractivity contribution < 1.29 is 5.11 Å². The van der Waals surface area contributed by atoms with Crippen molar-refractivity contribution in [3.8, 4) is 0 Å². The van der Waals surface area contributed by atoms with Crippen molar-refractivity contribution >= 4 is 11.3 Å². The fourth-order valence-corrected chi connectivity index (χ4v) is 2.02. The third-order valence-electron chi connectivity index (χ3n) is 2.23. The average Bonchev–Trinajstić information content (AvgIpc) is 2.32. The fourth-order valence-electron chi connectivity index (χ4n) is 1.29. The van der Waals surface area contributed by atoms with E-state index in [0.717, 1.165) is 5.01 Å². The minimum Gasteiger partial charge on any atom is -0.389 e. The summed E-state index contributed by atoms with van der Waals surface area (Å²) in [5.41, 5.74) is 1.20. The molecule has 60 valence electrons. The molecule has 1 aliphatic rings. The van der Waals surface area contributed by atoms with Gasteiger partial charge in [0, 0.05) is 11.3 Å². The molecule has 1 aromatic heterocycles. The summed E-state index contributed by atoms with van der Waals surface area (Å²) in [4.78, 5) is 4.32. The van der Waals surface area contributed by atoms with Crippen LogP contribution in [0, 0.1) is 0 Å². The van der Waals surface area contributed by atoms with Gasteiger partial charge in [0.15, 0.2) is 0 Å². The summed E-state index contributed by atoms with van der Waals surface area (Å²) in [7, 11) is 0. The molecule has 3 heteroatoms. The highest BCUT2D eigenvalue weighted by Crippen LogP contribution is 2.36. The van der Waals surface area contributed by atoms with Gasteiger partial charge in [-0.15, -0.1) is 11.3 Å². The molecule has 1 N–H and O–H groups in total. The Balaban J connectivity index is 2.11. The zero-order valence-corrected chi connectivity index (χ0v) is 7.10. The molecule has 0 saturated heterocycles. The number of aromatic nitrogens is 1. The average molecular weight is 169 g/mol. The maximum atomic E-state index is 8.77. The van der Waals surface area contributed by atoms with E-state index in [-0.39, 0.29) is 6.61 Å². The molecule has 0 aliphatic heterocycles. The van der Waals surface area contributed by atoms with Crippen LogP contribution in [0.15, 0.2) is 5.38 Å². The number of nitrogens with zero attached hydrogens (tertiary/aromatic N) is 1. The summed E-state index contributed by atoms with van der Waals surface area (Å²) in [5, 5.41) is 11.7. The Morgan fingerprint density at radius 1 is 1.64 bits per heavy atom. The van der Waals surface area contributed by atoms with Crippen LogP contribution < -0.4 is 0 Å². The summed E-state index contributed by atoms with van der Waals surface area (Å²) in [6, 6.07) is 0. The molecule has 2 nitrogen and oxygen atoms in total. The molecule has 1 heterocycles. The smallest absolute Gasteiger partial charge is 0.118 e. The molecule has 11 heavy (non-hydrogen) atoms. The van der Waals surface area contributed by atoms with Gasteiger partial charge in [-0.3, -0.25) is 0 Å². The third kappa shape index (κ3) is 1.30. The minimum absolute atomic E-state index is 0.0946. The van der Waals surface area contributed by atoms with E-state index in [1.807, 2.05) is 0 Å². The van der Waals surface area contributed by atoms with E-state index in [0.29, 0.717) is 5.92 Å². The summed E-state index contributed by atoms with van der Waals surface area (Å²) < 4.78 is 0. The summed E-state index contributed by atoms with van der Waals surface area (Å²) in [5.74, 6) is 0.701. The fraction of sp³-hybridized carbons (Fsp3) is 0.625. The van der Waals surface area contributed by atoms with Crippen LogP contribution in [0.3, 0.4) is 0 Å². The number of aliphatic hydroxyl groups excluding tert-OH is 1. The number of thiazole rings is 1. The monoisotopic (exact) mass is 169 g/mol. The van der Waals surface area contributed by atoms with Crippen molar-refractivity contribution in [2.24, 2.45) is 0 Å². The molecular formula is C8H11NOS. The Morgan fingerprint density at radius 2 is 2.45 bits per heavy atom. The lowest BCUT2D eigenvalue weighted by Crippen LogP contribution is -2.08. The van der Waals surface area contributed by atoms with E-state index >= 15 is 0 Å². The van der Waals surface area contributed by atoms with E-state index < -0.39 is 0 Å². The second-order valence-corrected chi connectivity index (χ2v) is 3.89. The van der Waals surface area contributed by atoms with Crippen molar-refractivity contribution in [2.75, 3.05) is 0 Å². The zero-order chi connectivity index (χ0) is 7.68. The first-order chi connectivity index (χ1) is 5.40. The van der Waals surface area contributed by atoms with Gasteiger partial charge < -0.3 is 5.11 Å². The van der Waals surface area contributed by atoms with E-state index in [4.69, 9.17) is 5.11 Å². The van der Waals surface area contributed by atoms with Crippen LogP contribution in [0.2, 0.25) is 0 Å². The van der Waals surface area contributed by atoms with Crippen LogP contribution in [0.4, 0.5) is 0 Å². The molecule has 1 aromatic rings. The summed E-state index contributed by atoms with van der Waals surface area (Å²) >= 11 is 1.57. The van der Waals surface area contributed by atoms with Crippen molar-refractivity contribution in [3.05, 3.63) is 16.1 Å². The maximum absolute atomic E-state index is 8.77. The zero-order valence-electron chi connectivity index (χ0n) is 6.29. The second kappa shape index (κ2) is 2.91. The van der Waals surface area contributed by atoms with E-state index in [2.05, 4.69) is 10.4 Å². The standard InChI is InChI=1S/C8H11NOS/c10-4-8-9-7(5-11-8)6-2-1-3-6/h5-6,10H,1-4H2. The molecule has 1 aliphatic carbocycles. The lowest BCUT2D eigenvalue weighted by molar-refractivity contribution is 0.280.